The molecule has 2 atom stereocenters. The Morgan fingerprint density at radius 1 is 1.20 bits per heavy atom. The summed E-state index contributed by atoms with van der Waals surface area (Å²) in [7, 11) is 0. The molecule has 0 saturated carbocycles. The van der Waals surface area contributed by atoms with E-state index in [0.717, 1.165) is 6.42 Å². The molecule has 0 aromatic carbocycles. The lowest BCUT2D eigenvalue weighted by Crippen LogP contribution is -2.36. The highest BCUT2D eigenvalue weighted by molar-refractivity contribution is 5.76. The van der Waals surface area contributed by atoms with E-state index in [2.05, 4.69) is 24.5 Å². The smallest absolute Gasteiger partial charge is 0.221 e. The number of aliphatic hydroxyl groups is 1. The average Bonchev–Trinajstić information content (AvgIpc) is 2.30. The highest BCUT2D eigenvalue weighted by atomic mass is 16.5. The molecule has 1 amide bonds. The first-order chi connectivity index (χ1) is 9.31. The van der Waals surface area contributed by atoms with Crippen LogP contribution in [0.5, 0.6) is 0 Å². The highest BCUT2D eigenvalue weighted by Gasteiger charge is 2.10. The van der Waals surface area contributed by atoms with Crippen LogP contribution >= 0.6 is 0 Å². The second kappa shape index (κ2) is 11.1. The van der Waals surface area contributed by atoms with Crippen molar-refractivity contribution in [3.8, 4) is 0 Å². The van der Waals surface area contributed by atoms with Gasteiger partial charge in [-0.3, -0.25) is 4.79 Å². The quantitative estimate of drug-likeness (QED) is 0.501. The van der Waals surface area contributed by atoms with Crippen LogP contribution in [0.3, 0.4) is 0 Å². The minimum absolute atomic E-state index is 0.0313. The topological polar surface area (TPSA) is 70.6 Å². The van der Waals surface area contributed by atoms with Gasteiger partial charge in [0.2, 0.25) is 5.91 Å². The molecule has 0 heterocycles. The molecule has 5 nitrogen and oxygen atoms in total. The molecule has 2 unspecified atom stereocenters. The molecule has 0 aliphatic carbocycles. The number of hydrogen-bond acceptors (Lipinski definition) is 4. The summed E-state index contributed by atoms with van der Waals surface area (Å²) in [4.78, 5) is 11.4. The van der Waals surface area contributed by atoms with E-state index in [0.29, 0.717) is 32.0 Å². The first-order valence-corrected chi connectivity index (χ1v) is 7.61. The molecule has 120 valence electrons. The second-order valence-electron chi connectivity index (χ2n) is 6.10. The Labute approximate surface area is 123 Å². The van der Waals surface area contributed by atoms with E-state index in [9.17, 15) is 9.90 Å². The normalized spacial score (nSPS) is 14.6. The number of carbonyl (C=O) groups excluding carboxylic acids is 1. The fourth-order valence-corrected chi connectivity index (χ4v) is 1.93. The van der Waals surface area contributed by atoms with Gasteiger partial charge < -0.3 is 20.5 Å². The zero-order valence-corrected chi connectivity index (χ0v) is 13.6. The van der Waals surface area contributed by atoms with Crippen LogP contribution in [0.4, 0.5) is 0 Å². The van der Waals surface area contributed by atoms with Gasteiger partial charge in [-0.15, -0.1) is 0 Å². The summed E-state index contributed by atoms with van der Waals surface area (Å²) in [5, 5.41) is 15.6. The third-order valence-corrected chi connectivity index (χ3v) is 2.73. The van der Waals surface area contributed by atoms with Gasteiger partial charge in [0.25, 0.3) is 0 Å². The van der Waals surface area contributed by atoms with Crippen LogP contribution < -0.4 is 10.6 Å². The van der Waals surface area contributed by atoms with Crippen molar-refractivity contribution in [3.63, 3.8) is 0 Å². The Kier molecular flexibility index (Phi) is 10.7. The Balaban J connectivity index is 3.54. The summed E-state index contributed by atoms with van der Waals surface area (Å²) >= 11 is 0. The Bertz CT molecular complexity index is 258. The standard InChI is InChI=1S/C15H32N2O3/c1-11(2)8-13(5)20-10-14(18)9-16-7-6-15(19)17-12(3)4/h11-14,16,18H,6-10H2,1-5H3,(H,17,19). The van der Waals surface area contributed by atoms with Crippen LogP contribution in [0.2, 0.25) is 0 Å². The molecule has 0 saturated heterocycles. The van der Waals surface area contributed by atoms with Gasteiger partial charge in [0.15, 0.2) is 0 Å². The molecule has 3 N–H and O–H groups in total. The van der Waals surface area contributed by atoms with Crippen LogP contribution in [-0.2, 0) is 9.53 Å². The van der Waals surface area contributed by atoms with Crippen molar-refractivity contribution in [2.45, 2.75) is 65.7 Å². The predicted octanol–water partition coefficient (Wildman–Crippen LogP) is 1.30. The van der Waals surface area contributed by atoms with E-state index in [-0.39, 0.29) is 18.1 Å². The van der Waals surface area contributed by atoms with Crippen LogP contribution in [0.15, 0.2) is 0 Å². The molecule has 0 spiro atoms. The molecule has 0 fully saturated rings. The highest BCUT2D eigenvalue weighted by Crippen LogP contribution is 2.07. The van der Waals surface area contributed by atoms with Gasteiger partial charge >= 0.3 is 0 Å². The summed E-state index contributed by atoms with van der Waals surface area (Å²) in [5.74, 6) is 0.628. The first kappa shape index (κ1) is 19.4. The average molecular weight is 288 g/mol. The number of aliphatic hydroxyl groups excluding tert-OH is 1. The zero-order chi connectivity index (χ0) is 15.5. The maximum Gasteiger partial charge on any atom is 0.221 e. The number of hydrogen-bond donors (Lipinski definition) is 3. The molecule has 0 aliphatic heterocycles. The van der Waals surface area contributed by atoms with Crippen LogP contribution in [0.25, 0.3) is 0 Å². The van der Waals surface area contributed by atoms with E-state index in [1.165, 1.54) is 0 Å². The summed E-state index contributed by atoms with van der Waals surface area (Å²) < 4.78 is 5.58. The molecule has 0 rings (SSSR count). The fourth-order valence-electron chi connectivity index (χ4n) is 1.93. The lowest BCUT2D eigenvalue weighted by Gasteiger charge is -2.18. The van der Waals surface area contributed by atoms with Crippen molar-refractivity contribution in [2.24, 2.45) is 5.92 Å². The van der Waals surface area contributed by atoms with Crippen molar-refractivity contribution in [1.29, 1.82) is 0 Å². The van der Waals surface area contributed by atoms with Gasteiger partial charge in [-0.1, -0.05) is 13.8 Å². The maximum absolute atomic E-state index is 11.4. The van der Waals surface area contributed by atoms with Crippen molar-refractivity contribution in [2.75, 3.05) is 19.7 Å². The number of amides is 1. The predicted molar refractivity (Wildman–Crippen MR) is 81.6 cm³/mol. The third-order valence-electron chi connectivity index (χ3n) is 2.73. The van der Waals surface area contributed by atoms with Gasteiger partial charge in [0, 0.05) is 25.6 Å². The SMILES string of the molecule is CC(C)CC(C)OCC(O)CNCCC(=O)NC(C)C. The molecular weight excluding hydrogens is 256 g/mol. The minimum atomic E-state index is -0.530. The second-order valence-corrected chi connectivity index (χ2v) is 6.10. The maximum atomic E-state index is 11.4. The van der Waals surface area contributed by atoms with Crippen molar-refractivity contribution < 1.29 is 14.6 Å². The lowest BCUT2D eigenvalue weighted by molar-refractivity contribution is -0.121. The molecule has 0 aromatic heterocycles. The molecule has 20 heavy (non-hydrogen) atoms. The first-order valence-electron chi connectivity index (χ1n) is 7.61. The van der Waals surface area contributed by atoms with Crippen molar-refractivity contribution >= 4 is 5.91 Å². The third kappa shape index (κ3) is 12.4. The molecule has 0 bridgehead atoms. The number of rotatable bonds is 11. The minimum Gasteiger partial charge on any atom is -0.389 e. The van der Waals surface area contributed by atoms with Gasteiger partial charge in [-0.05, 0) is 33.1 Å². The van der Waals surface area contributed by atoms with Gasteiger partial charge in [-0.25, -0.2) is 0 Å². The largest absolute Gasteiger partial charge is 0.389 e. The van der Waals surface area contributed by atoms with Crippen LogP contribution in [-0.4, -0.2) is 49.0 Å². The monoisotopic (exact) mass is 288 g/mol. The summed E-state index contributed by atoms with van der Waals surface area (Å²) in [5.41, 5.74) is 0. The lowest BCUT2D eigenvalue weighted by atomic mass is 10.1. The van der Waals surface area contributed by atoms with Crippen LogP contribution in [0, 0.1) is 5.92 Å². The Hall–Kier alpha value is -0.650. The van der Waals surface area contributed by atoms with Crippen molar-refractivity contribution in [1.82, 2.24) is 10.6 Å². The Morgan fingerprint density at radius 3 is 2.40 bits per heavy atom. The van der Waals surface area contributed by atoms with Crippen LogP contribution in [0.1, 0.15) is 47.5 Å². The molecule has 5 heteroatoms. The van der Waals surface area contributed by atoms with E-state index >= 15 is 0 Å². The number of ether oxygens (including phenoxy) is 1. The fraction of sp³-hybridized carbons (Fsp3) is 0.933. The molecule has 0 aliphatic rings. The molecule has 0 radical (unpaired) electrons. The summed E-state index contributed by atoms with van der Waals surface area (Å²) in [6, 6.07) is 0.170. The van der Waals surface area contributed by atoms with E-state index in [1.807, 2.05) is 20.8 Å². The van der Waals surface area contributed by atoms with E-state index in [4.69, 9.17) is 4.74 Å². The summed E-state index contributed by atoms with van der Waals surface area (Å²) in [6.07, 6.45) is 1.06. The van der Waals surface area contributed by atoms with Crippen molar-refractivity contribution in [3.05, 3.63) is 0 Å². The molecular formula is C15H32N2O3. The number of carbonyl (C=O) groups is 1. The van der Waals surface area contributed by atoms with Gasteiger partial charge in [0.1, 0.15) is 0 Å². The Morgan fingerprint density at radius 2 is 1.85 bits per heavy atom. The van der Waals surface area contributed by atoms with Gasteiger partial charge in [0.05, 0.1) is 18.8 Å². The van der Waals surface area contributed by atoms with Gasteiger partial charge in [-0.2, -0.15) is 0 Å². The number of nitrogens with one attached hydrogen (secondary N) is 2. The van der Waals surface area contributed by atoms with E-state index in [1.54, 1.807) is 0 Å². The zero-order valence-electron chi connectivity index (χ0n) is 13.6. The molecule has 0 aromatic rings. The van der Waals surface area contributed by atoms with E-state index < -0.39 is 6.10 Å². The summed E-state index contributed by atoms with van der Waals surface area (Å²) in [6.45, 7) is 11.5.